The molecule has 0 atom stereocenters. The van der Waals surface area contributed by atoms with E-state index in [0.29, 0.717) is 0 Å². The predicted octanol–water partition coefficient (Wildman–Crippen LogP) is 7.79. The van der Waals surface area contributed by atoms with E-state index in [1.165, 1.54) is 33.7 Å². The maximum absolute atomic E-state index is 2.35. The first-order valence-electron chi connectivity index (χ1n) is 10.7. The van der Waals surface area contributed by atoms with Crippen molar-refractivity contribution >= 4 is 0 Å². The third kappa shape index (κ3) is 5.38. The largest absolute Gasteiger partial charge is 0.0622 e. The van der Waals surface area contributed by atoms with Crippen molar-refractivity contribution in [1.29, 1.82) is 0 Å². The normalized spacial score (nSPS) is 12.4. The molecule has 1 radical (unpaired) electrons. The Hall–Kier alpha value is -2.34. The van der Waals surface area contributed by atoms with Gasteiger partial charge in [0, 0.05) is 5.92 Å². The average Bonchev–Trinajstić information content (AvgIpc) is 2.66. The van der Waals surface area contributed by atoms with E-state index in [-0.39, 0.29) is 10.8 Å². The highest BCUT2D eigenvalue weighted by Gasteiger charge is 2.32. The summed E-state index contributed by atoms with van der Waals surface area (Å²) in [5.74, 6) is 1.52. The zero-order chi connectivity index (χ0) is 21.1. The van der Waals surface area contributed by atoms with E-state index in [1.807, 2.05) is 0 Å². The summed E-state index contributed by atoms with van der Waals surface area (Å²) in [7, 11) is 0. The van der Waals surface area contributed by atoms with Crippen LogP contribution >= 0.6 is 0 Å². The highest BCUT2D eigenvalue weighted by molar-refractivity contribution is 5.51. The molecule has 29 heavy (non-hydrogen) atoms. The van der Waals surface area contributed by atoms with Crippen molar-refractivity contribution in [2.45, 2.75) is 59.8 Å². The van der Waals surface area contributed by atoms with Crippen molar-refractivity contribution in [3.63, 3.8) is 0 Å². The molecule has 0 bridgehead atoms. The van der Waals surface area contributed by atoms with Crippen molar-refractivity contribution in [3.05, 3.63) is 113 Å². The quantitative estimate of drug-likeness (QED) is 0.422. The van der Waals surface area contributed by atoms with Crippen LogP contribution in [0.15, 0.2) is 78.9 Å². The van der Waals surface area contributed by atoms with Crippen LogP contribution in [-0.4, -0.2) is 0 Å². The first kappa shape index (κ1) is 21.4. The Morgan fingerprint density at radius 1 is 0.621 bits per heavy atom. The minimum atomic E-state index is 0.0773. The van der Waals surface area contributed by atoms with Crippen LogP contribution in [0.4, 0.5) is 0 Å². The maximum atomic E-state index is 2.35. The van der Waals surface area contributed by atoms with Crippen molar-refractivity contribution in [3.8, 4) is 0 Å². The van der Waals surface area contributed by atoms with Crippen LogP contribution in [0, 0.1) is 11.3 Å². The number of rotatable bonds is 5. The molecule has 0 fully saturated rings. The molecule has 0 amide bonds. The van der Waals surface area contributed by atoms with Crippen LogP contribution in [0.5, 0.6) is 0 Å². The lowest BCUT2D eigenvalue weighted by molar-refractivity contribution is 0.429. The van der Waals surface area contributed by atoms with Gasteiger partial charge < -0.3 is 0 Å². The summed E-state index contributed by atoms with van der Waals surface area (Å²) in [6, 6.07) is 28.6. The van der Waals surface area contributed by atoms with Crippen molar-refractivity contribution in [2.24, 2.45) is 5.41 Å². The van der Waals surface area contributed by atoms with Gasteiger partial charge in [-0.15, -0.1) is 0 Å². The number of hydrogen-bond donors (Lipinski definition) is 0. The molecule has 0 aromatic heterocycles. The molecular weight excluding hydrogens is 348 g/mol. The molecule has 3 aromatic carbocycles. The highest BCUT2D eigenvalue weighted by Crippen LogP contribution is 2.42. The molecule has 0 saturated carbocycles. The second kappa shape index (κ2) is 8.57. The Labute approximate surface area is 178 Å². The lowest BCUT2D eigenvalue weighted by atomic mass is 9.68. The molecule has 0 aliphatic rings. The van der Waals surface area contributed by atoms with E-state index >= 15 is 0 Å². The van der Waals surface area contributed by atoms with E-state index in [4.69, 9.17) is 0 Å². The van der Waals surface area contributed by atoms with Gasteiger partial charge in [-0.05, 0) is 51.5 Å². The summed E-state index contributed by atoms with van der Waals surface area (Å²) in [5.41, 5.74) is 7.29. The van der Waals surface area contributed by atoms with E-state index in [1.54, 1.807) is 0 Å². The molecular formula is C29H35. The second-order valence-corrected chi connectivity index (χ2v) is 10.1. The van der Waals surface area contributed by atoms with Gasteiger partial charge >= 0.3 is 0 Å². The molecule has 0 unspecified atom stereocenters. The van der Waals surface area contributed by atoms with Gasteiger partial charge in [-0.2, -0.15) is 0 Å². The molecule has 0 nitrogen and oxygen atoms in total. The number of benzene rings is 3. The van der Waals surface area contributed by atoms with Gasteiger partial charge in [0.25, 0.3) is 0 Å². The monoisotopic (exact) mass is 383 g/mol. The Morgan fingerprint density at radius 3 is 1.69 bits per heavy atom. The van der Waals surface area contributed by atoms with Crippen molar-refractivity contribution in [2.75, 3.05) is 0 Å². The Kier molecular flexibility index (Phi) is 6.32. The van der Waals surface area contributed by atoms with Gasteiger partial charge in [-0.3, -0.25) is 0 Å². The zero-order valence-electron chi connectivity index (χ0n) is 18.9. The zero-order valence-corrected chi connectivity index (χ0v) is 18.9. The fourth-order valence-corrected chi connectivity index (χ4v) is 4.26. The average molecular weight is 384 g/mol. The van der Waals surface area contributed by atoms with E-state index < -0.39 is 0 Å². The molecule has 3 rings (SSSR count). The molecule has 0 aliphatic carbocycles. The number of hydrogen-bond acceptors (Lipinski definition) is 0. The third-order valence-electron chi connectivity index (χ3n) is 5.59. The molecule has 0 heterocycles. The summed E-state index contributed by atoms with van der Waals surface area (Å²) < 4.78 is 0. The van der Waals surface area contributed by atoms with Gasteiger partial charge in [-0.1, -0.05) is 120 Å². The Balaban J connectivity index is 2.11. The summed E-state index contributed by atoms with van der Waals surface area (Å²) in [6.07, 6.45) is 1.96. The Bertz CT molecular complexity index is 906. The Morgan fingerprint density at radius 2 is 1.17 bits per heavy atom. The SMILES string of the molecule is CC(C)(C)[C](Cc1ccccc1)c1cccc(Cc2ccccc2)c1C(C)(C)C. The van der Waals surface area contributed by atoms with Crippen LogP contribution in [0.1, 0.15) is 69.4 Å². The molecule has 0 N–H and O–H groups in total. The van der Waals surface area contributed by atoms with Gasteiger partial charge in [0.15, 0.2) is 0 Å². The summed E-state index contributed by atoms with van der Waals surface area (Å²) >= 11 is 0. The van der Waals surface area contributed by atoms with E-state index in [2.05, 4.69) is 120 Å². The molecule has 151 valence electrons. The minimum Gasteiger partial charge on any atom is -0.0622 e. The second-order valence-electron chi connectivity index (χ2n) is 10.1. The van der Waals surface area contributed by atoms with Crippen molar-refractivity contribution in [1.82, 2.24) is 0 Å². The van der Waals surface area contributed by atoms with Gasteiger partial charge in [0.2, 0.25) is 0 Å². The molecule has 0 aliphatic heterocycles. The van der Waals surface area contributed by atoms with Crippen LogP contribution in [0.2, 0.25) is 0 Å². The first-order chi connectivity index (χ1) is 13.7. The van der Waals surface area contributed by atoms with E-state index in [9.17, 15) is 0 Å². The smallest absolute Gasteiger partial charge is 0.0150 e. The summed E-state index contributed by atoms with van der Waals surface area (Å²) in [5, 5.41) is 0. The minimum absolute atomic E-state index is 0.0773. The highest BCUT2D eigenvalue weighted by atomic mass is 14.4. The van der Waals surface area contributed by atoms with Gasteiger partial charge in [0.1, 0.15) is 0 Å². The maximum Gasteiger partial charge on any atom is 0.0150 e. The summed E-state index contributed by atoms with van der Waals surface area (Å²) in [6.45, 7) is 14.1. The van der Waals surface area contributed by atoms with Crippen LogP contribution in [0.3, 0.4) is 0 Å². The van der Waals surface area contributed by atoms with Crippen molar-refractivity contribution < 1.29 is 0 Å². The van der Waals surface area contributed by atoms with Crippen LogP contribution in [-0.2, 0) is 18.3 Å². The topological polar surface area (TPSA) is 0 Å². The lowest BCUT2D eigenvalue weighted by Crippen LogP contribution is -2.27. The van der Waals surface area contributed by atoms with Gasteiger partial charge in [0.05, 0.1) is 0 Å². The van der Waals surface area contributed by atoms with E-state index in [0.717, 1.165) is 12.8 Å². The van der Waals surface area contributed by atoms with Gasteiger partial charge in [-0.25, -0.2) is 0 Å². The first-order valence-corrected chi connectivity index (χ1v) is 10.7. The molecule has 0 spiro atoms. The predicted molar refractivity (Wildman–Crippen MR) is 126 cm³/mol. The van der Waals surface area contributed by atoms with Crippen LogP contribution < -0.4 is 0 Å². The standard InChI is InChI=1S/C29H35/c1-28(2,3)26(21-23-16-11-8-12-17-23)25-19-13-18-24(27(25)29(4,5)6)20-22-14-9-7-10-15-22/h7-19H,20-21H2,1-6H3. The third-order valence-corrected chi connectivity index (χ3v) is 5.59. The fourth-order valence-electron chi connectivity index (χ4n) is 4.26. The fraction of sp³-hybridized carbons (Fsp3) is 0.345. The summed E-state index contributed by atoms with van der Waals surface area (Å²) in [4.78, 5) is 0. The lowest BCUT2D eigenvalue weighted by Gasteiger charge is -2.36. The molecule has 3 aromatic rings. The molecule has 0 saturated heterocycles. The van der Waals surface area contributed by atoms with Crippen LogP contribution in [0.25, 0.3) is 0 Å². The molecule has 0 heteroatoms.